The number of Topliss-reactive ketones (excluding diaryl/α,β-unsaturated/α-hetero) is 1. The number of allylic oxidation sites excluding steroid dienone is 2. The maximum atomic E-state index is 12.1. The van der Waals surface area contributed by atoms with E-state index in [9.17, 15) is 9.59 Å². The smallest absolute Gasteiger partial charge is 0.181 e. The molecule has 1 aliphatic rings. The van der Waals surface area contributed by atoms with Gasteiger partial charge in [-0.2, -0.15) is 0 Å². The van der Waals surface area contributed by atoms with Gasteiger partial charge in [0.25, 0.3) is 0 Å². The topological polar surface area (TPSA) is 78.4 Å². The summed E-state index contributed by atoms with van der Waals surface area (Å²) in [6.45, 7) is 0.518. The van der Waals surface area contributed by atoms with Crippen LogP contribution in [0.15, 0.2) is 91.0 Å². The first-order chi connectivity index (χ1) is 16.2. The van der Waals surface area contributed by atoms with Crippen LogP contribution >= 0.6 is 0 Å². The van der Waals surface area contributed by atoms with Crippen molar-refractivity contribution < 1.29 is 14.7 Å². The van der Waals surface area contributed by atoms with Gasteiger partial charge in [0.2, 0.25) is 0 Å². The van der Waals surface area contributed by atoms with E-state index in [2.05, 4.69) is 28.8 Å². The van der Waals surface area contributed by atoms with Crippen molar-refractivity contribution in [2.75, 3.05) is 23.8 Å². The molecule has 5 nitrogen and oxygen atoms in total. The number of rotatable bonds is 9. The number of hydrogen-bond acceptors (Lipinski definition) is 5. The third-order valence-corrected chi connectivity index (χ3v) is 5.43. The molecule has 3 aromatic rings. The van der Waals surface area contributed by atoms with E-state index in [0.717, 1.165) is 30.4 Å². The number of fused-ring (bicyclic) bond motifs is 1. The number of hydrogen-bond donors (Lipinski definition) is 3. The van der Waals surface area contributed by atoms with Gasteiger partial charge in [-0.15, -0.1) is 0 Å². The molecule has 0 aliphatic carbocycles. The highest BCUT2D eigenvalue weighted by molar-refractivity contribution is 5.99. The van der Waals surface area contributed by atoms with Gasteiger partial charge in [-0.25, -0.2) is 0 Å². The van der Waals surface area contributed by atoms with Crippen molar-refractivity contribution in [3.63, 3.8) is 0 Å². The lowest BCUT2D eigenvalue weighted by atomic mass is 10.1. The summed E-state index contributed by atoms with van der Waals surface area (Å²) >= 11 is 0. The van der Waals surface area contributed by atoms with Crippen LogP contribution in [0.4, 0.5) is 11.4 Å². The van der Waals surface area contributed by atoms with Gasteiger partial charge in [-0.05, 0) is 48.6 Å². The van der Waals surface area contributed by atoms with E-state index in [0.29, 0.717) is 18.0 Å². The fourth-order valence-electron chi connectivity index (χ4n) is 3.73. The van der Waals surface area contributed by atoms with Gasteiger partial charge in [0.15, 0.2) is 5.78 Å². The number of carbonyl (C=O) groups excluding carboxylic acids is 2. The maximum absolute atomic E-state index is 12.1. The van der Waals surface area contributed by atoms with E-state index in [4.69, 9.17) is 5.11 Å². The highest BCUT2D eigenvalue weighted by Crippen LogP contribution is 2.26. The molecule has 4 rings (SSSR count). The summed E-state index contributed by atoms with van der Waals surface area (Å²) in [5.74, 6) is 0.0498. The average Bonchev–Trinajstić information content (AvgIpc) is 3.27. The Kier molecular flexibility index (Phi) is 9.43. The fraction of sp³-hybridized carbons (Fsp3) is 0.214. The lowest BCUT2D eigenvalue weighted by Gasteiger charge is -2.10. The molecule has 0 bridgehead atoms. The Labute approximate surface area is 195 Å². The Hall–Kier alpha value is -3.70. The average molecular weight is 443 g/mol. The van der Waals surface area contributed by atoms with E-state index in [1.54, 1.807) is 6.08 Å². The minimum Gasteiger partial charge on any atom is -0.396 e. The second-order valence-electron chi connectivity index (χ2n) is 7.78. The number of nitrogens with one attached hydrogen (secondary N) is 2. The number of anilines is 2. The van der Waals surface area contributed by atoms with Crippen molar-refractivity contribution in [3.8, 4) is 0 Å². The molecule has 1 atom stereocenters. The number of benzene rings is 3. The number of ketones is 1. The van der Waals surface area contributed by atoms with Crippen LogP contribution in [0.3, 0.4) is 0 Å². The standard InChI is InChI=1S/C18H17NO2.C10H13NO/c20-13-7-6-9-15-8-4-5-12-17(15)19-14-18(21)16-10-2-1-3-11-16;12-6-5-9-7-8-3-1-2-4-10(8)11-9/h1-8,10-13,19H,9,14H2;1-4,9,11-12H,5-7H2/b7-6+;/t;9-/m.0/s1. The van der Waals surface area contributed by atoms with E-state index < -0.39 is 0 Å². The Bertz CT molecular complexity index is 1040. The van der Waals surface area contributed by atoms with Crippen LogP contribution in [0.5, 0.6) is 0 Å². The summed E-state index contributed by atoms with van der Waals surface area (Å²) in [5.41, 5.74) is 5.27. The van der Waals surface area contributed by atoms with Crippen LogP contribution in [-0.2, 0) is 17.6 Å². The highest BCUT2D eigenvalue weighted by Gasteiger charge is 2.18. The summed E-state index contributed by atoms with van der Waals surface area (Å²) in [7, 11) is 0. The van der Waals surface area contributed by atoms with Crippen LogP contribution in [0.2, 0.25) is 0 Å². The number of para-hydroxylation sites is 2. The number of aliphatic hydroxyl groups excluding tert-OH is 1. The molecule has 5 heteroatoms. The zero-order chi connectivity index (χ0) is 23.3. The third kappa shape index (κ3) is 7.44. The molecule has 0 fully saturated rings. The first-order valence-electron chi connectivity index (χ1n) is 11.2. The van der Waals surface area contributed by atoms with Crippen molar-refractivity contribution in [1.82, 2.24) is 0 Å². The highest BCUT2D eigenvalue weighted by atomic mass is 16.3. The van der Waals surface area contributed by atoms with E-state index in [1.165, 1.54) is 17.3 Å². The monoisotopic (exact) mass is 442 g/mol. The van der Waals surface area contributed by atoms with E-state index >= 15 is 0 Å². The minimum absolute atomic E-state index is 0.0498. The lowest BCUT2D eigenvalue weighted by molar-refractivity contribution is -0.104. The number of carbonyl (C=O) groups is 2. The van der Waals surface area contributed by atoms with Gasteiger partial charge in [-0.3, -0.25) is 9.59 Å². The molecule has 0 unspecified atom stereocenters. The van der Waals surface area contributed by atoms with Crippen molar-refractivity contribution in [1.29, 1.82) is 0 Å². The number of aldehydes is 1. The second kappa shape index (κ2) is 13.0. The second-order valence-corrected chi connectivity index (χ2v) is 7.78. The van der Waals surface area contributed by atoms with Crippen molar-refractivity contribution in [2.24, 2.45) is 0 Å². The number of aliphatic hydroxyl groups is 1. The third-order valence-electron chi connectivity index (χ3n) is 5.43. The summed E-state index contributed by atoms with van der Waals surface area (Å²) < 4.78 is 0. The molecule has 3 N–H and O–H groups in total. The molecule has 1 heterocycles. The first kappa shape index (κ1) is 24.0. The van der Waals surface area contributed by atoms with Crippen LogP contribution in [0, 0.1) is 0 Å². The summed E-state index contributed by atoms with van der Waals surface area (Å²) in [6.07, 6.45) is 6.58. The molecule has 0 amide bonds. The molecule has 170 valence electrons. The molecule has 0 saturated carbocycles. The van der Waals surface area contributed by atoms with Gasteiger partial charge in [-0.1, -0.05) is 72.8 Å². The zero-order valence-electron chi connectivity index (χ0n) is 18.6. The molecule has 0 saturated heterocycles. The van der Waals surface area contributed by atoms with Gasteiger partial charge in [0.1, 0.15) is 6.29 Å². The summed E-state index contributed by atoms with van der Waals surface area (Å²) in [4.78, 5) is 22.4. The van der Waals surface area contributed by atoms with Crippen LogP contribution in [0.25, 0.3) is 0 Å². The van der Waals surface area contributed by atoms with Crippen molar-refractivity contribution in [2.45, 2.75) is 25.3 Å². The molecule has 0 aromatic heterocycles. The van der Waals surface area contributed by atoms with E-state index in [-0.39, 0.29) is 18.9 Å². The van der Waals surface area contributed by atoms with Crippen molar-refractivity contribution in [3.05, 3.63) is 108 Å². The molecule has 1 aliphatic heterocycles. The molecular weight excluding hydrogens is 412 g/mol. The Morgan fingerprint density at radius 2 is 1.73 bits per heavy atom. The molecule has 33 heavy (non-hydrogen) atoms. The molecule has 0 spiro atoms. The Morgan fingerprint density at radius 3 is 2.48 bits per heavy atom. The zero-order valence-corrected chi connectivity index (χ0v) is 18.6. The summed E-state index contributed by atoms with van der Waals surface area (Å²) in [5, 5.41) is 15.3. The van der Waals surface area contributed by atoms with E-state index in [1.807, 2.05) is 60.7 Å². The van der Waals surface area contributed by atoms with Gasteiger partial charge in [0.05, 0.1) is 6.54 Å². The summed E-state index contributed by atoms with van der Waals surface area (Å²) in [6, 6.07) is 25.7. The lowest BCUT2D eigenvalue weighted by Crippen LogP contribution is -2.16. The van der Waals surface area contributed by atoms with Gasteiger partial charge < -0.3 is 15.7 Å². The largest absolute Gasteiger partial charge is 0.396 e. The fourth-order valence-corrected chi connectivity index (χ4v) is 3.73. The predicted octanol–water partition coefficient (Wildman–Crippen LogP) is 4.68. The molecular formula is C28H30N2O3. The SMILES string of the molecule is O=C/C=C/Cc1ccccc1NCC(=O)c1ccccc1.OCC[C@H]1Cc2ccccc2N1. The minimum atomic E-state index is 0.0498. The van der Waals surface area contributed by atoms with Gasteiger partial charge >= 0.3 is 0 Å². The molecule has 0 radical (unpaired) electrons. The van der Waals surface area contributed by atoms with Crippen LogP contribution < -0.4 is 10.6 Å². The van der Waals surface area contributed by atoms with Crippen LogP contribution in [-0.4, -0.2) is 36.4 Å². The predicted molar refractivity (Wildman–Crippen MR) is 134 cm³/mol. The first-order valence-corrected chi connectivity index (χ1v) is 11.2. The Morgan fingerprint density at radius 1 is 1.00 bits per heavy atom. The maximum Gasteiger partial charge on any atom is 0.181 e. The quantitative estimate of drug-likeness (QED) is 0.255. The van der Waals surface area contributed by atoms with Crippen LogP contribution in [0.1, 0.15) is 27.9 Å². The molecule has 3 aromatic carbocycles. The van der Waals surface area contributed by atoms with Crippen molar-refractivity contribution >= 4 is 23.4 Å². The normalized spacial score (nSPS) is 14.0. The Balaban J connectivity index is 0.000000215. The van der Waals surface area contributed by atoms with Gasteiger partial charge in [0, 0.05) is 29.6 Å².